The van der Waals surface area contributed by atoms with E-state index in [1.807, 2.05) is 22.6 Å². The summed E-state index contributed by atoms with van der Waals surface area (Å²) in [4.78, 5) is 12.4. The minimum absolute atomic E-state index is 0.0240. The Balaban J connectivity index is 1.70. The van der Waals surface area contributed by atoms with Gasteiger partial charge in [0.15, 0.2) is 0 Å². The number of alkyl carbamates (subject to hydrolysis) is 1. The number of ether oxygens (including phenoxy) is 1. The molecule has 0 spiro atoms. The van der Waals surface area contributed by atoms with Crippen molar-refractivity contribution in [2.75, 3.05) is 5.32 Å². The molecule has 0 aliphatic heterocycles. The lowest BCUT2D eigenvalue weighted by Gasteiger charge is -2.35. The molecule has 0 bridgehead atoms. The Kier molecular flexibility index (Phi) is 8.91. The molecule has 0 aromatic heterocycles. The average molecular weight is 630 g/mol. The Morgan fingerprint density at radius 3 is 2.37 bits per heavy atom. The van der Waals surface area contributed by atoms with Crippen LogP contribution in [0.2, 0.25) is 0 Å². The molecule has 12 heteroatoms. The Labute approximate surface area is 219 Å². The molecule has 2 aliphatic carbocycles. The number of nitrogens with one attached hydrogen (secondary N) is 3. The Bertz CT molecular complexity index is 1000. The highest BCUT2D eigenvalue weighted by Crippen LogP contribution is 2.38. The molecule has 3 rings (SSSR count). The molecule has 2 saturated carbocycles. The summed E-state index contributed by atoms with van der Waals surface area (Å²) in [6.45, 7) is 5.29. The average Bonchev–Trinajstić information content (AvgIpc) is 2.69. The van der Waals surface area contributed by atoms with E-state index in [1.54, 1.807) is 26.8 Å². The fourth-order valence-corrected chi connectivity index (χ4v) is 7.17. The van der Waals surface area contributed by atoms with Gasteiger partial charge in [-0.25, -0.2) is 26.7 Å². The van der Waals surface area contributed by atoms with Gasteiger partial charge >= 0.3 is 6.09 Å². The van der Waals surface area contributed by atoms with Gasteiger partial charge < -0.3 is 20.5 Å². The van der Waals surface area contributed by atoms with Gasteiger partial charge in [0.1, 0.15) is 11.8 Å². The third-order valence-corrected chi connectivity index (χ3v) is 8.97. The van der Waals surface area contributed by atoms with Gasteiger partial charge in [0.2, 0.25) is 10.0 Å². The molecule has 0 heterocycles. The summed E-state index contributed by atoms with van der Waals surface area (Å²) in [6.07, 6.45) is 2.07. The first kappa shape index (κ1) is 28.3. The summed E-state index contributed by atoms with van der Waals surface area (Å²) in [5.41, 5.74) is -0.219. The molecule has 35 heavy (non-hydrogen) atoms. The van der Waals surface area contributed by atoms with Crippen molar-refractivity contribution in [1.82, 2.24) is 10.0 Å². The number of halogens is 3. The van der Waals surface area contributed by atoms with Crippen molar-refractivity contribution in [1.29, 1.82) is 0 Å². The van der Waals surface area contributed by atoms with Crippen LogP contribution in [0.5, 0.6) is 0 Å². The van der Waals surface area contributed by atoms with Crippen molar-refractivity contribution in [3.8, 4) is 0 Å². The topological polar surface area (TPSA) is 117 Å². The van der Waals surface area contributed by atoms with Crippen molar-refractivity contribution in [3.63, 3.8) is 0 Å². The molecule has 0 radical (unpaired) electrons. The first-order chi connectivity index (χ1) is 16.2. The van der Waals surface area contributed by atoms with Crippen LogP contribution in [0.25, 0.3) is 0 Å². The maximum Gasteiger partial charge on any atom is 0.408 e. The van der Waals surface area contributed by atoms with E-state index in [0.717, 1.165) is 32.1 Å². The number of alkyl halides is 2. The van der Waals surface area contributed by atoms with Gasteiger partial charge in [-0.05, 0) is 80.3 Å². The van der Waals surface area contributed by atoms with E-state index in [4.69, 9.17) is 4.74 Å². The molecule has 2 fully saturated rings. The van der Waals surface area contributed by atoms with Gasteiger partial charge in [-0.3, -0.25) is 0 Å². The number of aliphatic hydroxyl groups is 1. The van der Waals surface area contributed by atoms with Crippen LogP contribution in [-0.2, 0) is 14.8 Å². The number of benzene rings is 1. The van der Waals surface area contributed by atoms with Crippen LogP contribution in [0.15, 0.2) is 23.1 Å². The number of aliphatic hydroxyl groups excluding tert-OH is 1. The lowest BCUT2D eigenvalue weighted by atomic mass is 9.83. The number of carbonyl (C=O) groups is 1. The van der Waals surface area contributed by atoms with Crippen LogP contribution < -0.4 is 15.4 Å². The highest BCUT2D eigenvalue weighted by molar-refractivity contribution is 14.1. The van der Waals surface area contributed by atoms with Crippen molar-refractivity contribution in [2.24, 2.45) is 5.92 Å². The smallest absolute Gasteiger partial charge is 0.408 e. The molecule has 0 saturated heterocycles. The van der Waals surface area contributed by atoms with E-state index in [0.29, 0.717) is 9.26 Å². The fraction of sp³-hybridized carbons (Fsp3) is 0.696. The van der Waals surface area contributed by atoms with Crippen LogP contribution in [0.4, 0.5) is 19.3 Å². The van der Waals surface area contributed by atoms with Crippen LogP contribution >= 0.6 is 22.6 Å². The molecular weight excluding hydrogens is 595 g/mol. The standard InChI is InChI=1S/C23H34F2IN3O5S/c1-22(2,3)34-21(31)28-19(14-7-5-4-6-8-14)20(30)27-15-9-10-18(17(26)11-15)35(32,33)29-16-12-23(24,25)13-16/h9-11,14,16,19-20,27,29-30H,4-8,12-13H2,1-3H3,(H,28,31)/t19-,20-/m0/s1. The molecule has 8 nitrogen and oxygen atoms in total. The number of amides is 1. The second-order valence-corrected chi connectivity index (χ2v) is 13.2. The highest BCUT2D eigenvalue weighted by atomic mass is 127. The SMILES string of the molecule is CC(C)(C)OC(=O)N[C@@H](C1CCCCC1)[C@H](O)Nc1ccc(S(=O)(=O)NC2CC(F)(F)C2)c(I)c1. The van der Waals surface area contributed by atoms with E-state index in [2.05, 4.69) is 15.4 Å². The van der Waals surface area contributed by atoms with Gasteiger partial charge in [0.25, 0.3) is 5.92 Å². The molecule has 0 unspecified atom stereocenters. The second kappa shape index (κ2) is 11.0. The summed E-state index contributed by atoms with van der Waals surface area (Å²) in [6, 6.07) is 3.03. The molecule has 2 atom stereocenters. The zero-order valence-electron chi connectivity index (χ0n) is 20.1. The number of rotatable bonds is 8. The van der Waals surface area contributed by atoms with Gasteiger partial charge in [-0.1, -0.05) is 19.3 Å². The molecule has 1 aromatic carbocycles. The Hall–Kier alpha value is -1.25. The Morgan fingerprint density at radius 2 is 1.83 bits per heavy atom. The van der Waals surface area contributed by atoms with E-state index in [9.17, 15) is 27.1 Å². The normalized spacial score (nSPS) is 21.0. The number of carbonyl (C=O) groups excluding carboxylic acids is 1. The molecule has 198 valence electrons. The third kappa shape index (κ3) is 8.12. The largest absolute Gasteiger partial charge is 0.444 e. The summed E-state index contributed by atoms with van der Waals surface area (Å²) in [7, 11) is -3.97. The maximum atomic E-state index is 13.1. The molecule has 2 aliphatic rings. The second-order valence-electron chi connectivity index (χ2n) is 10.4. The minimum atomic E-state index is -3.97. The summed E-state index contributed by atoms with van der Waals surface area (Å²) in [5.74, 6) is -2.77. The number of sulfonamides is 1. The van der Waals surface area contributed by atoms with Gasteiger partial charge in [0.05, 0.1) is 10.9 Å². The van der Waals surface area contributed by atoms with E-state index >= 15 is 0 Å². The van der Waals surface area contributed by atoms with Crippen LogP contribution in [0.1, 0.15) is 65.7 Å². The first-order valence-corrected chi connectivity index (χ1v) is 14.4. The number of hydrogen-bond donors (Lipinski definition) is 4. The summed E-state index contributed by atoms with van der Waals surface area (Å²) in [5, 5.41) is 16.8. The van der Waals surface area contributed by atoms with Crippen LogP contribution in [0.3, 0.4) is 0 Å². The predicted octanol–water partition coefficient (Wildman–Crippen LogP) is 4.57. The molecule has 1 aromatic rings. The highest BCUT2D eigenvalue weighted by Gasteiger charge is 2.47. The van der Waals surface area contributed by atoms with Gasteiger partial charge in [0, 0.05) is 28.1 Å². The quantitative estimate of drug-likeness (QED) is 0.248. The van der Waals surface area contributed by atoms with Crippen molar-refractivity contribution < 1.29 is 31.8 Å². The predicted molar refractivity (Wildman–Crippen MR) is 137 cm³/mol. The zero-order valence-corrected chi connectivity index (χ0v) is 23.1. The Morgan fingerprint density at radius 1 is 1.20 bits per heavy atom. The van der Waals surface area contributed by atoms with E-state index in [-0.39, 0.29) is 10.8 Å². The summed E-state index contributed by atoms with van der Waals surface area (Å²) >= 11 is 1.86. The third-order valence-electron chi connectivity index (χ3n) is 6.13. The molecule has 1 amide bonds. The molecule has 4 N–H and O–H groups in total. The first-order valence-electron chi connectivity index (χ1n) is 11.8. The van der Waals surface area contributed by atoms with Crippen molar-refractivity contribution in [2.45, 2.75) is 100 Å². The minimum Gasteiger partial charge on any atom is -0.444 e. The van der Waals surface area contributed by atoms with E-state index in [1.165, 1.54) is 12.1 Å². The molecular formula is C23H34F2IN3O5S. The monoisotopic (exact) mass is 629 g/mol. The van der Waals surface area contributed by atoms with Gasteiger partial charge in [-0.15, -0.1) is 0 Å². The number of hydrogen-bond acceptors (Lipinski definition) is 6. The van der Waals surface area contributed by atoms with Crippen LogP contribution in [0, 0.1) is 9.49 Å². The fourth-order valence-electron chi connectivity index (χ4n) is 4.49. The van der Waals surface area contributed by atoms with Gasteiger partial charge in [-0.2, -0.15) is 0 Å². The summed E-state index contributed by atoms with van der Waals surface area (Å²) < 4.78 is 59.5. The number of anilines is 1. The van der Waals surface area contributed by atoms with Crippen LogP contribution in [-0.4, -0.2) is 49.5 Å². The van der Waals surface area contributed by atoms with E-state index < -0.39 is 58.8 Å². The lowest BCUT2D eigenvalue weighted by Crippen LogP contribution is -2.52. The lowest BCUT2D eigenvalue weighted by molar-refractivity contribution is -0.0876. The van der Waals surface area contributed by atoms with Crippen molar-refractivity contribution in [3.05, 3.63) is 21.8 Å². The maximum absolute atomic E-state index is 13.1. The van der Waals surface area contributed by atoms with Crippen molar-refractivity contribution >= 4 is 44.4 Å². The zero-order chi connectivity index (χ0) is 26.0.